The quantitative estimate of drug-likeness (QED) is 0.482. The summed E-state index contributed by atoms with van der Waals surface area (Å²) in [5.74, 6) is 5.89. The highest BCUT2D eigenvalue weighted by Crippen LogP contribution is 2.03. The molecule has 0 heterocycles. The molecule has 0 saturated heterocycles. The zero-order valence-electron chi connectivity index (χ0n) is 7.79. The van der Waals surface area contributed by atoms with Gasteiger partial charge in [-0.1, -0.05) is 48.8 Å². The number of rotatable bonds is 3. The van der Waals surface area contributed by atoms with Gasteiger partial charge in [-0.25, -0.2) is 0 Å². The first-order chi connectivity index (χ1) is 6.43. The van der Waals surface area contributed by atoms with Gasteiger partial charge in [0.2, 0.25) is 0 Å². The van der Waals surface area contributed by atoms with Crippen molar-refractivity contribution in [3.63, 3.8) is 0 Å². The molecule has 0 radical (unpaired) electrons. The number of hydrogen-bond acceptors (Lipinski definition) is 0. The third-order valence-electron chi connectivity index (χ3n) is 1.81. The smallest absolute Gasteiger partial charge is 0.00953 e. The van der Waals surface area contributed by atoms with Gasteiger partial charge in [0.1, 0.15) is 0 Å². The normalized spacial score (nSPS) is 8.62. The molecule has 0 N–H and O–H groups in total. The third kappa shape index (κ3) is 4.18. The van der Waals surface area contributed by atoms with E-state index in [1.165, 1.54) is 5.56 Å². The Bertz CT molecular complexity index is 298. The molecule has 0 aliphatic heterocycles. The molecule has 1 rings (SSSR count). The van der Waals surface area contributed by atoms with Crippen LogP contribution < -0.4 is 0 Å². The summed E-state index contributed by atoms with van der Waals surface area (Å²) in [5.41, 5.74) is 1.39. The first kappa shape index (κ1) is 9.61. The molecule has 0 unspecified atom stereocenters. The van der Waals surface area contributed by atoms with Crippen LogP contribution in [-0.4, -0.2) is 0 Å². The van der Waals surface area contributed by atoms with Crippen LogP contribution in [0.3, 0.4) is 0 Å². The fourth-order valence-electron chi connectivity index (χ4n) is 1.17. The number of hydrogen-bond donors (Lipinski definition) is 0. The molecule has 0 fully saturated rings. The minimum Gasteiger partial charge on any atom is -0.0985 e. The Morgan fingerprint density at radius 2 is 2.00 bits per heavy atom. The fraction of sp³-hybridized carbons (Fsp3) is 0.231. The Morgan fingerprint density at radius 3 is 2.69 bits per heavy atom. The van der Waals surface area contributed by atoms with Gasteiger partial charge in [-0.15, -0.1) is 0 Å². The third-order valence-corrected chi connectivity index (χ3v) is 1.81. The van der Waals surface area contributed by atoms with Crippen LogP contribution in [0.15, 0.2) is 43.0 Å². The molecule has 0 nitrogen and oxygen atoms in total. The lowest BCUT2D eigenvalue weighted by atomic mass is 10.1. The lowest BCUT2D eigenvalue weighted by molar-refractivity contribution is 0.858. The molecule has 1 aromatic carbocycles. The monoisotopic (exact) mass is 170 g/mol. The number of unbranched alkanes of at least 4 members (excludes halogenated alkanes) is 1. The lowest BCUT2D eigenvalue weighted by Gasteiger charge is -1.96. The Labute approximate surface area is 80.3 Å². The molecule has 0 heteroatoms. The van der Waals surface area contributed by atoms with Crippen LogP contribution in [0.2, 0.25) is 0 Å². The largest absolute Gasteiger partial charge is 0.0985 e. The molecular formula is C13H14. The van der Waals surface area contributed by atoms with Crippen LogP contribution in [0.5, 0.6) is 0 Å². The summed E-state index contributed by atoms with van der Waals surface area (Å²) in [7, 11) is 0. The number of benzene rings is 1. The highest BCUT2D eigenvalue weighted by Gasteiger charge is 1.88. The van der Waals surface area contributed by atoms with E-state index in [4.69, 9.17) is 0 Å². The molecule has 0 aromatic heterocycles. The van der Waals surface area contributed by atoms with Crippen LogP contribution in [-0.2, 0) is 6.42 Å². The maximum absolute atomic E-state index is 3.54. The van der Waals surface area contributed by atoms with Crippen LogP contribution in [0.25, 0.3) is 0 Å². The van der Waals surface area contributed by atoms with E-state index in [-0.39, 0.29) is 0 Å². The van der Waals surface area contributed by atoms with Crippen molar-refractivity contribution in [2.45, 2.75) is 19.3 Å². The van der Waals surface area contributed by atoms with Crippen LogP contribution in [0, 0.1) is 11.8 Å². The van der Waals surface area contributed by atoms with Crippen molar-refractivity contribution in [2.24, 2.45) is 0 Å². The summed E-state index contributed by atoms with van der Waals surface area (Å²) in [5, 5.41) is 0. The summed E-state index contributed by atoms with van der Waals surface area (Å²) in [6.07, 6.45) is 4.85. The van der Waals surface area contributed by atoms with Gasteiger partial charge in [0, 0.05) is 6.42 Å². The Hall–Kier alpha value is -1.48. The van der Waals surface area contributed by atoms with Gasteiger partial charge in [-0.05, 0) is 24.5 Å². The SMILES string of the molecule is C=CC#CCCCc1ccccc1. The van der Waals surface area contributed by atoms with Crippen molar-refractivity contribution in [3.8, 4) is 11.8 Å². The van der Waals surface area contributed by atoms with Gasteiger partial charge in [0.15, 0.2) is 0 Å². The van der Waals surface area contributed by atoms with Gasteiger partial charge in [-0.2, -0.15) is 0 Å². The first-order valence-corrected chi connectivity index (χ1v) is 4.56. The maximum atomic E-state index is 3.54. The fourth-order valence-corrected chi connectivity index (χ4v) is 1.17. The molecule has 0 aliphatic rings. The maximum Gasteiger partial charge on any atom is 0.00953 e. The van der Waals surface area contributed by atoms with Crippen molar-refractivity contribution in [2.75, 3.05) is 0 Å². The van der Waals surface area contributed by atoms with Crippen molar-refractivity contribution in [1.29, 1.82) is 0 Å². The molecule has 1 aromatic rings. The van der Waals surface area contributed by atoms with Gasteiger partial charge in [0.25, 0.3) is 0 Å². The minimum atomic E-state index is 0.959. The van der Waals surface area contributed by atoms with E-state index in [9.17, 15) is 0 Å². The minimum absolute atomic E-state index is 0.959. The zero-order valence-corrected chi connectivity index (χ0v) is 7.79. The van der Waals surface area contributed by atoms with Gasteiger partial charge in [0.05, 0.1) is 0 Å². The summed E-state index contributed by atoms with van der Waals surface area (Å²) in [4.78, 5) is 0. The summed E-state index contributed by atoms with van der Waals surface area (Å²) >= 11 is 0. The Kier molecular flexibility index (Phi) is 4.49. The molecule has 0 saturated carbocycles. The van der Waals surface area contributed by atoms with E-state index >= 15 is 0 Å². The summed E-state index contributed by atoms with van der Waals surface area (Å²) < 4.78 is 0. The predicted octanol–water partition coefficient (Wildman–Crippen LogP) is 3.20. The summed E-state index contributed by atoms with van der Waals surface area (Å²) in [6, 6.07) is 10.5. The van der Waals surface area contributed by atoms with E-state index in [0.29, 0.717) is 0 Å². The first-order valence-electron chi connectivity index (χ1n) is 4.56. The van der Waals surface area contributed by atoms with E-state index in [1.807, 2.05) is 6.07 Å². The van der Waals surface area contributed by atoms with Crippen molar-refractivity contribution < 1.29 is 0 Å². The average molecular weight is 170 g/mol. The van der Waals surface area contributed by atoms with E-state index in [2.05, 4.69) is 42.7 Å². The molecule has 13 heavy (non-hydrogen) atoms. The van der Waals surface area contributed by atoms with Crippen LogP contribution >= 0.6 is 0 Å². The van der Waals surface area contributed by atoms with Crippen molar-refractivity contribution in [3.05, 3.63) is 48.6 Å². The van der Waals surface area contributed by atoms with E-state index in [0.717, 1.165) is 19.3 Å². The van der Waals surface area contributed by atoms with E-state index < -0.39 is 0 Å². The van der Waals surface area contributed by atoms with Gasteiger partial charge >= 0.3 is 0 Å². The molecule has 0 atom stereocenters. The Morgan fingerprint density at radius 1 is 1.23 bits per heavy atom. The van der Waals surface area contributed by atoms with Crippen LogP contribution in [0.4, 0.5) is 0 Å². The molecule has 0 aliphatic carbocycles. The highest BCUT2D eigenvalue weighted by molar-refractivity contribution is 5.15. The number of allylic oxidation sites excluding steroid dienone is 1. The second kappa shape index (κ2) is 6.08. The molecule has 0 amide bonds. The second-order valence-electron chi connectivity index (χ2n) is 2.86. The van der Waals surface area contributed by atoms with Crippen molar-refractivity contribution >= 4 is 0 Å². The predicted molar refractivity (Wildman–Crippen MR) is 57.4 cm³/mol. The van der Waals surface area contributed by atoms with Crippen LogP contribution in [0.1, 0.15) is 18.4 Å². The van der Waals surface area contributed by atoms with Gasteiger partial charge < -0.3 is 0 Å². The average Bonchev–Trinajstić information content (AvgIpc) is 2.19. The van der Waals surface area contributed by atoms with Crippen molar-refractivity contribution in [1.82, 2.24) is 0 Å². The number of aryl methyl sites for hydroxylation is 1. The molecular weight excluding hydrogens is 156 g/mol. The second-order valence-corrected chi connectivity index (χ2v) is 2.86. The topological polar surface area (TPSA) is 0 Å². The zero-order chi connectivity index (χ0) is 9.36. The Balaban J connectivity index is 2.24. The highest BCUT2D eigenvalue weighted by atomic mass is 13.9. The summed E-state index contributed by atoms with van der Waals surface area (Å²) in [6.45, 7) is 3.54. The molecule has 0 spiro atoms. The van der Waals surface area contributed by atoms with E-state index in [1.54, 1.807) is 6.08 Å². The molecule has 66 valence electrons. The lowest BCUT2D eigenvalue weighted by Crippen LogP contribution is -1.82. The van der Waals surface area contributed by atoms with Gasteiger partial charge in [-0.3, -0.25) is 0 Å². The molecule has 0 bridgehead atoms. The standard InChI is InChI=1S/C13H14/c1-2-3-4-5-7-10-13-11-8-6-9-12-13/h2,6,8-9,11-12H,1,5,7,10H2.